The number of carbonyl (C=O) groups is 2. The molecular weight excluding hydrogens is 489 g/mol. The predicted octanol–water partition coefficient (Wildman–Crippen LogP) is 2.14. The summed E-state index contributed by atoms with van der Waals surface area (Å²) >= 11 is 1.76. The molecule has 1 aromatic carbocycles. The summed E-state index contributed by atoms with van der Waals surface area (Å²) in [6.07, 6.45) is 0. The van der Waals surface area contributed by atoms with E-state index < -0.39 is 5.91 Å². The SMILES string of the molecule is CCNC(=NCc1ccc(C(=O)NCC(N)=O)cc1)NCc1ccc(C)s1.I. The molecule has 2 rings (SSSR count). The number of aryl methyl sites for hydroxylation is 1. The first-order chi connectivity index (χ1) is 13.0. The van der Waals surface area contributed by atoms with E-state index in [9.17, 15) is 9.59 Å². The third-order valence-corrected chi connectivity index (χ3v) is 4.63. The summed E-state index contributed by atoms with van der Waals surface area (Å²) < 4.78 is 0. The van der Waals surface area contributed by atoms with Crippen molar-refractivity contribution in [3.05, 3.63) is 57.3 Å². The van der Waals surface area contributed by atoms with E-state index in [4.69, 9.17) is 5.73 Å². The molecule has 152 valence electrons. The second-order valence-corrected chi connectivity index (χ2v) is 7.28. The molecule has 2 amide bonds. The Morgan fingerprint density at radius 2 is 1.79 bits per heavy atom. The highest BCUT2D eigenvalue weighted by molar-refractivity contribution is 14.0. The number of aliphatic imine (C=N–C) groups is 1. The number of nitrogens with two attached hydrogens (primary N) is 1. The molecule has 0 atom stereocenters. The lowest BCUT2D eigenvalue weighted by Gasteiger charge is -2.10. The Balaban J connectivity index is 0.00000392. The molecule has 28 heavy (non-hydrogen) atoms. The molecule has 1 heterocycles. The maximum absolute atomic E-state index is 11.9. The summed E-state index contributed by atoms with van der Waals surface area (Å²) in [5, 5.41) is 9.00. The number of hydrogen-bond acceptors (Lipinski definition) is 4. The highest BCUT2D eigenvalue weighted by Crippen LogP contribution is 2.14. The largest absolute Gasteiger partial charge is 0.368 e. The number of nitrogens with zero attached hydrogens (tertiary/aromatic N) is 1. The first kappa shape index (κ1) is 23.9. The molecule has 2 aromatic rings. The summed E-state index contributed by atoms with van der Waals surface area (Å²) in [6, 6.07) is 11.3. The average molecular weight is 515 g/mol. The van der Waals surface area contributed by atoms with Crippen LogP contribution in [0.1, 0.15) is 32.6 Å². The van der Waals surface area contributed by atoms with Gasteiger partial charge in [-0.1, -0.05) is 12.1 Å². The Bertz CT molecular complexity index is 805. The Labute approximate surface area is 186 Å². The van der Waals surface area contributed by atoms with Gasteiger partial charge >= 0.3 is 0 Å². The van der Waals surface area contributed by atoms with Gasteiger partial charge in [0.05, 0.1) is 19.6 Å². The first-order valence-electron chi connectivity index (χ1n) is 8.71. The molecule has 0 aliphatic carbocycles. The lowest BCUT2D eigenvalue weighted by atomic mass is 10.1. The van der Waals surface area contributed by atoms with E-state index in [-0.39, 0.29) is 36.4 Å². The van der Waals surface area contributed by atoms with Crippen molar-refractivity contribution in [1.29, 1.82) is 0 Å². The smallest absolute Gasteiger partial charge is 0.251 e. The average Bonchev–Trinajstić information content (AvgIpc) is 3.07. The monoisotopic (exact) mass is 515 g/mol. The van der Waals surface area contributed by atoms with Crippen molar-refractivity contribution in [2.45, 2.75) is 26.9 Å². The summed E-state index contributed by atoms with van der Waals surface area (Å²) in [6.45, 7) is 5.92. The molecule has 7 nitrogen and oxygen atoms in total. The number of benzene rings is 1. The van der Waals surface area contributed by atoms with Gasteiger partial charge < -0.3 is 21.7 Å². The van der Waals surface area contributed by atoms with Crippen molar-refractivity contribution < 1.29 is 9.59 Å². The van der Waals surface area contributed by atoms with E-state index in [1.54, 1.807) is 23.5 Å². The number of primary amides is 1. The lowest BCUT2D eigenvalue weighted by molar-refractivity contribution is -0.117. The Morgan fingerprint density at radius 3 is 2.36 bits per heavy atom. The summed E-state index contributed by atoms with van der Waals surface area (Å²) in [5.74, 6) is -0.160. The Hall–Kier alpha value is -2.14. The zero-order valence-electron chi connectivity index (χ0n) is 16.0. The standard InChI is InChI=1S/C19H25N5O2S.HI/c1-3-21-19(24-11-16-9-4-13(2)27-16)23-10-14-5-7-15(8-6-14)18(26)22-12-17(20)25;/h4-9H,3,10-12H2,1-2H3,(H2,20,25)(H,22,26)(H2,21,23,24);1H. The number of halogens is 1. The Kier molecular flexibility index (Phi) is 10.5. The minimum Gasteiger partial charge on any atom is -0.368 e. The molecule has 1 aromatic heterocycles. The fourth-order valence-electron chi connectivity index (χ4n) is 2.29. The van der Waals surface area contributed by atoms with Gasteiger partial charge in [-0.25, -0.2) is 4.99 Å². The van der Waals surface area contributed by atoms with Crippen molar-refractivity contribution in [3.63, 3.8) is 0 Å². The van der Waals surface area contributed by atoms with Gasteiger partial charge in [0, 0.05) is 21.9 Å². The second-order valence-electron chi connectivity index (χ2n) is 5.91. The van der Waals surface area contributed by atoms with Gasteiger partial charge in [0.15, 0.2) is 5.96 Å². The summed E-state index contributed by atoms with van der Waals surface area (Å²) in [4.78, 5) is 29.7. The van der Waals surface area contributed by atoms with Gasteiger partial charge in [-0.3, -0.25) is 9.59 Å². The normalized spacial score (nSPS) is 10.7. The quantitative estimate of drug-likeness (QED) is 0.246. The number of rotatable bonds is 8. The van der Waals surface area contributed by atoms with Crippen molar-refractivity contribution >= 4 is 53.1 Å². The zero-order valence-corrected chi connectivity index (χ0v) is 19.1. The fourth-order valence-corrected chi connectivity index (χ4v) is 3.12. The van der Waals surface area contributed by atoms with Crippen LogP contribution < -0.4 is 21.7 Å². The van der Waals surface area contributed by atoms with E-state index in [0.29, 0.717) is 12.1 Å². The third kappa shape index (κ3) is 8.26. The Morgan fingerprint density at radius 1 is 1.07 bits per heavy atom. The molecule has 0 unspecified atom stereocenters. The molecule has 0 saturated carbocycles. The number of carbonyl (C=O) groups excluding carboxylic acids is 2. The molecule has 0 spiro atoms. The number of thiophene rings is 1. The number of amides is 2. The van der Waals surface area contributed by atoms with Gasteiger partial charge in [-0.2, -0.15) is 0 Å². The van der Waals surface area contributed by atoms with E-state index in [1.165, 1.54) is 9.75 Å². The van der Waals surface area contributed by atoms with Crippen LogP contribution in [0.5, 0.6) is 0 Å². The first-order valence-corrected chi connectivity index (χ1v) is 9.52. The molecule has 0 bridgehead atoms. The number of guanidine groups is 1. The van der Waals surface area contributed by atoms with Crippen LogP contribution in [0.25, 0.3) is 0 Å². The topological polar surface area (TPSA) is 109 Å². The van der Waals surface area contributed by atoms with Crippen LogP contribution in [-0.4, -0.2) is 30.9 Å². The van der Waals surface area contributed by atoms with Crippen LogP contribution in [0.4, 0.5) is 0 Å². The van der Waals surface area contributed by atoms with Gasteiger partial charge in [-0.15, -0.1) is 35.3 Å². The van der Waals surface area contributed by atoms with Gasteiger partial charge in [0.1, 0.15) is 0 Å². The molecule has 5 N–H and O–H groups in total. The van der Waals surface area contributed by atoms with Crippen LogP contribution in [0.15, 0.2) is 41.4 Å². The summed E-state index contributed by atoms with van der Waals surface area (Å²) in [5.41, 5.74) is 6.47. The molecule has 0 aliphatic rings. The molecule has 0 aliphatic heterocycles. The minimum atomic E-state index is -0.574. The van der Waals surface area contributed by atoms with Crippen molar-refractivity contribution in [3.8, 4) is 0 Å². The van der Waals surface area contributed by atoms with E-state index in [2.05, 4.69) is 40.0 Å². The minimum absolute atomic E-state index is 0. The zero-order chi connectivity index (χ0) is 19.6. The van der Waals surface area contributed by atoms with E-state index >= 15 is 0 Å². The van der Waals surface area contributed by atoms with Gasteiger partial charge in [-0.05, 0) is 43.7 Å². The van der Waals surface area contributed by atoms with Crippen molar-refractivity contribution in [1.82, 2.24) is 16.0 Å². The molecule has 0 fully saturated rings. The third-order valence-electron chi connectivity index (χ3n) is 3.63. The van der Waals surface area contributed by atoms with E-state index in [1.807, 2.05) is 19.1 Å². The number of hydrogen-bond donors (Lipinski definition) is 4. The molecule has 9 heteroatoms. The lowest BCUT2D eigenvalue weighted by Crippen LogP contribution is -2.36. The van der Waals surface area contributed by atoms with Crippen molar-refractivity contribution in [2.24, 2.45) is 10.7 Å². The highest BCUT2D eigenvalue weighted by Gasteiger charge is 2.06. The molecule has 0 radical (unpaired) electrons. The van der Waals surface area contributed by atoms with Crippen LogP contribution in [-0.2, 0) is 17.9 Å². The molecular formula is C19H26IN5O2S. The molecule has 0 saturated heterocycles. The highest BCUT2D eigenvalue weighted by atomic mass is 127. The van der Waals surface area contributed by atoms with Crippen LogP contribution in [0.2, 0.25) is 0 Å². The van der Waals surface area contributed by atoms with Crippen molar-refractivity contribution in [2.75, 3.05) is 13.1 Å². The van der Waals surface area contributed by atoms with Crippen LogP contribution >= 0.6 is 35.3 Å². The van der Waals surface area contributed by atoms with Crippen LogP contribution in [0, 0.1) is 6.92 Å². The predicted molar refractivity (Wildman–Crippen MR) is 124 cm³/mol. The van der Waals surface area contributed by atoms with E-state index in [0.717, 1.165) is 24.6 Å². The second kappa shape index (κ2) is 12.3. The summed E-state index contributed by atoms with van der Waals surface area (Å²) in [7, 11) is 0. The maximum atomic E-state index is 11.9. The fraction of sp³-hybridized carbons (Fsp3) is 0.316. The van der Waals surface area contributed by atoms with Gasteiger partial charge in [0.25, 0.3) is 5.91 Å². The maximum Gasteiger partial charge on any atom is 0.251 e. The van der Waals surface area contributed by atoms with Gasteiger partial charge in [0.2, 0.25) is 5.91 Å². The number of nitrogens with one attached hydrogen (secondary N) is 3. The van der Waals surface area contributed by atoms with Crippen LogP contribution in [0.3, 0.4) is 0 Å².